The van der Waals surface area contributed by atoms with Crippen LogP contribution in [0.4, 0.5) is 0 Å². The third-order valence-corrected chi connectivity index (χ3v) is 5.10. The summed E-state index contributed by atoms with van der Waals surface area (Å²) in [5.74, 6) is 0.797. The van der Waals surface area contributed by atoms with E-state index in [0.717, 1.165) is 18.1 Å². The van der Waals surface area contributed by atoms with Crippen LogP contribution < -0.4 is 0 Å². The summed E-state index contributed by atoms with van der Waals surface area (Å²) in [5, 5.41) is 0.503. The molecule has 0 aromatic carbocycles. The molecule has 0 saturated heterocycles. The molecule has 0 aliphatic rings. The number of aromatic nitrogens is 4. The van der Waals surface area contributed by atoms with Crippen molar-refractivity contribution in [2.45, 2.75) is 38.6 Å². The van der Waals surface area contributed by atoms with E-state index in [4.69, 9.17) is 4.74 Å². The lowest BCUT2D eigenvalue weighted by Gasteiger charge is -2.17. The molecule has 2 rings (SSSR count). The molecule has 2 aromatic rings. The van der Waals surface area contributed by atoms with Crippen LogP contribution in [-0.4, -0.2) is 35.6 Å². The Morgan fingerprint density at radius 2 is 2.05 bits per heavy atom. The normalized spacial score (nSPS) is 12.3. The van der Waals surface area contributed by atoms with Crippen molar-refractivity contribution in [1.29, 1.82) is 0 Å². The molecule has 6 heteroatoms. The van der Waals surface area contributed by atoms with Crippen LogP contribution in [0, 0.1) is 0 Å². The van der Waals surface area contributed by atoms with Crippen molar-refractivity contribution in [2.75, 3.05) is 6.61 Å². The third-order valence-electron chi connectivity index (χ3n) is 2.95. The van der Waals surface area contributed by atoms with Crippen molar-refractivity contribution >= 4 is 9.52 Å². The highest BCUT2D eigenvalue weighted by Crippen LogP contribution is 2.21. The van der Waals surface area contributed by atoms with Crippen LogP contribution in [-0.2, 0) is 11.5 Å². The van der Waals surface area contributed by atoms with E-state index in [-0.39, 0.29) is 9.52 Å². The number of hydrogen-bond acceptors (Lipinski definition) is 4. The quantitative estimate of drug-likeness (QED) is 0.604. The van der Waals surface area contributed by atoms with Gasteiger partial charge in [-0.15, -0.1) is 0 Å². The molecule has 0 bridgehead atoms. The van der Waals surface area contributed by atoms with E-state index in [0.29, 0.717) is 11.8 Å². The summed E-state index contributed by atoms with van der Waals surface area (Å²) in [6, 6.07) is 1.21. The van der Waals surface area contributed by atoms with E-state index in [1.54, 1.807) is 24.8 Å². The maximum Gasteiger partial charge on any atom is 0.162 e. The molecule has 0 amide bonds. The first-order chi connectivity index (χ1) is 9.56. The van der Waals surface area contributed by atoms with Crippen LogP contribution in [0.3, 0.4) is 0 Å². The van der Waals surface area contributed by atoms with Gasteiger partial charge >= 0.3 is 0 Å². The van der Waals surface area contributed by atoms with Gasteiger partial charge in [-0.2, -0.15) is 0 Å². The number of imidazole rings is 1. The summed E-state index contributed by atoms with van der Waals surface area (Å²) in [6.45, 7) is 8.26. The van der Waals surface area contributed by atoms with E-state index in [1.165, 1.54) is 6.04 Å². The standard InChI is InChI=1S/C14H22N4OSi/c1-14(2,3)20-9-8-19-11-18-7-6-17-13(18)12-10-15-4-5-16-12/h4-7,10H,8-9,11,20H2,1-3H3. The van der Waals surface area contributed by atoms with Crippen molar-refractivity contribution in [3.05, 3.63) is 31.0 Å². The predicted octanol–water partition coefficient (Wildman–Crippen LogP) is 2.12. The SMILES string of the molecule is CC(C)(C)[SiH2]CCOCn1ccnc1-c1cnccn1. The van der Waals surface area contributed by atoms with Crippen molar-refractivity contribution in [3.63, 3.8) is 0 Å². The smallest absolute Gasteiger partial charge is 0.162 e. The second-order valence-corrected chi connectivity index (χ2v) is 9.34. The Kier molecular flexibility index (Phi) is 5.03. The monoisotopic (exact) mass is 290 g/mol. The lowest BCUT2D eigenvalue weighted by atomic mass is 10.3. The van der Waals surface area contributed by atoms with Gasteiger partial charge in [0, 0.05) is 40.9 Å². The number of hydrogen-bond donors (Lipinski definition) is 0. The van der Waals surface area contributed by atoms with E-state index >= 15 is 0 Å². The Morgan fingerprint density at radius 1 is 1.20 bits per heavy atom. The molecule has 0 aliphatic carbocycles. The number of ether oxygens (including phenoxy) is 1. The molecule has 0 unspecified atom stereocenters. The average Bonchev–Trinajstić information content (AvgIpc) is 2.86. The van der Waals surface area contributed by atoms with E-state index in [2.05, 4.69) is 35.7 Å². The van der Waals surface area contributed by atoms with Gasteiger partial charge in [-0.3, -0.25) is 4.98 Å². The lowest BCUT2D eigenvalue weighted by molar-refractivity contribution is 0.0886. The van der Waals surface area contributed by atoms with Gasteiger partial charge in [0.15, 0.2) is 5.82 Å². The summed E-state index contributed by atoms with van der Waals surface area (Å²) in [6.07, 6.45) is 8.71. The summed E-state index contributed by atoms with van der Waals surface area (Å²) in [4.78, 5) is 12.6. The van der Waals surface area contributed by atoms with Crippen molar-refractivity contribution in [2.24, 2.45) is 0 Å². The highest BCUT2D eigenvalue weighted by Gasteiger charge is 2.10. The molecule has 2 heterocycles. The molecule has 2 aromatic heterocycles. The van der Waals surface area contributed by atoms with Crippen LogP contribution in [0.15, 0.2) is 31.0 Å². The fourth-order valence-electron chi connectivity index (χ4n) is 1.93. The van der Waals surface area contributed by atoms with Gasteiger partial charge in [-0.05, 0) is 11.1 Å². The van der Waals surface area contributed by atoms with Crippen molar-refractivity contribution in [3.8, 4) is 11.5 Å². The van der Waals surface area contributed by atoms with Crippen LogP contribution in [0.25, 0.3) is 11.5 Å². The number of nitrogens with zero attached hydrogens (tertiary/aromatic N) is 4. The van der Waals surface area contributed by atoms with Gasteiger partial charge in [0.1, 0.15) is 12.4 Å². The molecule has 0 fully saturated rings. The Morgan fingerprint density at radius 3 is 2.75 bits per heavy atom. The molecular formula is C14H22N4OSi. The molecule has 0 saturated carbocycles. The second kappa shape index (κ2) is 6.76. The van der Waals surface area contributed by atoms with Gasteiger partial charge in [0.2, 0.25) is 0 Å². The Bertz CT molecular complexity index is 521. The minimum absolute atomic E-state index is 0.0701. The summed E-state index contributed by atoms with van der Waals surface area (Å²) >= 11 is 0. The summed E-state index contributed by atoms with van der Waals surface area (Å²) in [7, 11) is -0.0701. The van der Waals surface area contributed by atoms with Gasteiger partial charge in [-0.25, -0.2) is 9.97 Å². The average molecular weight is 290 g/mol. The fourth-order valence-corrected chi connectivity index (χ4v) is 3.34. The highest BCUT2D eigenvalue weighted by molar-refractivity contribution is 6.39. The molecule has 0 atom stereocenters. The topological polar surface area (TPSA) is 52.8 Å². The first-order valence-electron chi connectivity index (χ1n) is 6.91. The summed E-state index contributed by atoms with van der Waals surface area (Å²) < 4.78 is 7.71. The van der Waals surface area contributed by atoms with Crippen molar-refractivity contribution < 1.29 is 4.74 Å². The van der Waals surface area contributed by atoms with E-state index in [1.807, 2.05) is 10.8 Å². The van der Waals surface area contributed by atoms with Crippen molar-refractivity contribution in [1.82, 2.24) is 19.5 Å². The Hall–Kier alpha value is -1.53. The van der Waals surface area contributed by atoms with Gasteiger partial charge in [0.05, 0.1) is 6.20 Å². The Labute approximate surface area is 122 Å². The minimum atomic E-state index is -0.0701. The van der Waals surface area contributed by atoms with E-state index in [9.17, 15) is 0 Å². The Balaban J connectivity index is 1.84. The van der Waals surface area contributed by atoms with Crippen LogP contribution in [0.2, 0.25) is 11.1 Å². The molecule has 20 heavy (non-hydrogen) atoms. The molecule has 0 spiro atoms. The maximum absolute atomic E-state index is 5.75. The second-order valence-electron chi connectivity index (χ2n) is 6.01. The van der Waals surface area contributed by atoms with Gasteiger partial charge in [-0.1, -0.05) is 20.8 Å². The van der Waals surface area contributed by atoms with Crippen LogP contribution >= 0.6 is 0 Å². The van der Waals surface area contributed by atoms with Crippen LogP contribution in [0.1, 0.15) is 20.8 Å². The maximum atomic E-state index is 5.75. The lowest BCUT2D eigenvalue weighted by Crippen LogP contribution is -2.12. The van der Waals surface area contributed by atoms with E-state index < -0.39 is 0 Å². The molecule has 0 aliphatic heterocycles. The largest absolute Gasteiger partial charge is 0.361 e. The number of rotatable bonds is 6. The molecule has 108 valence electrons. The zero-order chi connectivity index (χ0) is 14.4. The summed E-state index contributed by atoms with van der Waals surface area (Å²) in [5.41, 5.74) is 0.769. The minimum Gasteiger partial charge on any atom is -0.361 e. The molecular weight excluding hydrogens is 268 g/mol. The third kappa shape index (κ3) is 4.54. The fraction of sp³-hybridized carbons (Fsp3) is 0.500. The molecule has 5 nitrogen and oxygen atoms in total. The molecule has 0 N–H and O–H groups in total. The van der Waals surface area contributed by atoms with Crippen LogP contribution in [0.5, 0.6) is 0 Å². The zero-order valence-electron chi connectivity index (χ0n) is 12.4. The first-order valence-corrected chi connectivity index (χ1v) is 8.62. The molecule has 0 radical (unpaired) electrons. The zero-order valence-corrected chi connectivity index (χ0v) is 13.8. The predicted molar refractivity (Wildman–Crippen MR) is 82.3 cm³/mol. The first kappa shape index (κ1) is 14.9. The van der Waals surface area contributed by atoms with Gasteiger partial charge in [0.25, 0.3) is 0 Å². The highest BCUT2D eigenvalue weighted by atomic mass is 28.2. The van der Waals surface area contributed by atoms with Gasteiger partial charge < -0.3 is 9.30 Å².